The molecule has 0 radical (unpaired) electrons. The van der Waals surface area contributed by atoms with Gasteiger partial charge in [-0.05, 0) is 50.2 Å². The van der Waals surface area contributed by atoms with Crippen LogP contribution in [0.2, 0.25) is 0 Å². The lowest BCUT2D eigenvalue weighted by Crippen LogP contribution is -2.42. The quantitative estimate of drug-likeness (QED) is 0.276. The summed E-state index contributed by atoms with van der Waals surface area (Å²) < 4.78 is 19.7. The molecular formula is C21H23FN7O+. The summed E-state index contributed by atoms with van der Waals surface area (Å²) in [4.78, 5) is 8.88. The van der Waals surface area contributed by atoms with E-state index in [0.717, 1.165) is 31.3 Å². The molecule has 0 unspecified atom stereocenters. The number of piperidine rings is 1. The Balaban J connectivity index is 1.69. The van der Waals surface area contributed by atoms with E-state index >= 15 is 0 Å². The maximum atomic E-state index is 13.4. The molecule has 2 heterocycles. The minimum atomic E-state index is -0.337. The van der Waals surface area contributed by atoms with Gasteiger partial charge in [0.25, 0.3) is 0 Å². The van der Waals surface area contributed by atoms with Crippen LogP contribution in [0, 0.1) is 5.82 Å². The van der Waals surface area contributed by atoms with E-state index in [1.807, 2.05) is 12.1 Å². The van der Waals surface area contributed by atoms with Crippen molar-refractivity contribution < 1.29 is 14.5 Å². The largest absolute Gasteiger partial charge is 0.489 e. The lowest BCUT2D eigenvalue weighted by molar-refractivity contribution is -0.109. The van der Waals surface area contributed by atoms with Gasteiger partial charge in [-0.3, -0.25) is 5.41 Å². The molecule has 0 atom stereocenters. The first-order chi connectivity index (χ1) is 14.6. The molecule has 30 heavy (non-hydrogen) atoms. The molecule has 2 aromatic carbocycles. The van der Waals surface area contributed by atoms with Gasteiger partial charge in [-0.2, -0.15) is 5.10 Å². The van der Waals surface area contributed by atoms with Crippen molar-refractivity contribution in [3.63, 3.8) is 0 Å². The van der Waals surface area contributed by atoms with Crippen molar-refractivity contribution in [2.75, 3.05) is 18.4 Å². The average Bonchev–Trinajstić information content (AvgIpc) is 2.74. The van der Waals surface area contributed by atoms with Crippen LogP contribution in [-0.4, -0.2) is 41.1 Å². The van der Waals surface area contributed by atoms with Crippen LogP contribution in [0.3, 0.4) is 0 Å². The Morgan fingerprint density at radius 2 is 2.13 bits per heavy atom. The van der Waals surface area contributed by atoms with Gasteiger partial charge in [0.15, 0.2) is 0 Å². The number of ether oxygens (including phenoxy) is 1. The number of nitrogens with one attached hydrogen (secondary N) is 2. The second kappa shape index (κ2) is 8.83. The highest BCUT2D eigenvalue weighted by Gasteiger charge is 2.20. The molecule has 1 saturated heterocycles. The molecule has 1 aliphatic heterocycles. The van der Waals surface area contributed by atoms with Crippen molar-refractivity contribution >= 4 is 34.5 Å². The minimum absolute atomic E-state index is 0.0804. The smallest absolute Gasteiger partial charge is 0.228 e. The van der Waals surface area contributed by atoms with E-state index in [9.17, 15) is 4.39 Å². The molecule has 9 heteroatoms. The second-order valence-electron chi connectivity index (χ2n) is 7.04. The van der Waals surface area contributed by atoms with Gasteiger partial charge in [0.2, 0.25) is 11.7 Å². The predicted molar refractivity (Wildman–Crippen MR) is 114 cm³/mol. The molecule has 0 spiro atoms. The van der Waals surface area contributed by atoms with E-state index < -0.39 is 0 Å². The fourth-order valence-electron chi connectivity index (χ4n) is 3.38. The molecule has 8 nitrogen and oxygen atoms in total. The highest BCUT2D eigenvalue weighted by Crippen LogP contribution is 2.28. The maximum absolute atomic E-state index is 13.4. The zero-order chi connectivity index (χ0) is 20.9. The van der Waals surface area contributed by atoms with Crippen molar-refractivity contribution in [2.45, 2.75) is 18.9 Å². The number of hydrogen-bond donors (Lipinski definition) is 4. The Bertz CT molecular complexity index is 1100. The van der Waals surface area contributed by atoms with E-state index in [-0.39, 0.29) is 11.9 Å². The molecule has 3 aromatic rings. The molecule has 1 aliphatic rings. The number of hydrazone groups is 1. The van der Waals surface area contributed by atoms with Crippen LogP contribution in [0.1, 0.15) is 18.4 Å². The van der Waals surface area contributed by atoms with Gasteiger partial charge in [0.1, 0.15) is 23.9 Å². The zero-order valence-corrected chi connectivity index (χ0v) is 16.3. The zero-order valence-electron chi connectivity index (χ0n) is 16.3. The fraction of sp³-hybridized carbons (Fsp3) is 0.238. The van der Waals surface area contributed by atoms with Crippen LogP contribution in [-0.2, 0) is 0 Å². The first kappa shape index (κ1) is 19.7. The molecule has 1 fully saturated rings. The van der Waals surface area contributed by atoms with E-state index in [1.165, 1.54) is 18.3 Å². The molecule has 1 aromatic heterocycles. The van der Waals surface area contributed by atoms with Gasteiger partial charge in [0.05, 0.1) is 11.1 Å². The Labute approximate surface area is 172 Å². The normalized spacial score (nSPS) is 14.8. The lowest BCUT2D eigenvalue weighted by atomic mass is 10.1. The van der Waals surface area contributed by atoms with Crippen LogP contribution >= 0.6 is 0 Å². The average molecular weight is 408 g/mol. The van der Waals surface area contributed by atoms with Crippen molar-refractivity contribution in [1.82, 2.24) is 15.3 Å². The van der Waals surface area contributed by atoms with E-state index in [1.54, 1.807) is 18.3 Å². The minimum Gasteiger partial charge on any atom is -0.489 e. The predicted octanol–water partition coefficient (Wildman–Crippen LogP) is 1.14. The summed E-state index contributed by atoms with van der Waals surface area (Å²) in [5.41, 5.74) is 2.32. The molecule has 0 bridgehead atoms. The Kier molecular flexibility index (Phi) is 5.80. The van der Waals surface area contributed by atoms with Gasteiger partial charge in [-0.1, -0.05) is 6.07 Å². The van der Waals surface area contributed by atoms with Crippen LogP contribution in [0.25, 0.3) is 10.9 Å². The number of halogens is 1. The van der Waals surface area contributed by atoms with Crippen molar-refractivity contribution in [3.8, 4) is 5.75 Å². The number of benzene rings is 2. The number of nitrogens with two attached hydrogens (primary N) is 2. The molecular weight excluding hydrogens is 385 g/mol. The first-order valence-corrected chi connectivity index (χ1v) is 9.69. The van der Waals surface area contributed by atoms with Gasteiger partial charge in [-0.25, -0.2) is 14.4 Å². The number of rotatable bonds is 6. The topological polar surface area (TPSA) is 123 Å². The molecule has 0 amide bonds. The summed E-state index contributed by atoms with van der Waals surface area (Å²) >= 11 is 0. The Morgan fingerprint density at radius 3 is 2.90 bits per heavy atom. The molecule has 4 rings (SSSR count). The van der Waals surface area contributed by atoms with Crippen LogP contribution in [0.15, 0.2) is 47.7 Å². The number of hydrogen-bond acceptors (Lipinski definition) is 7. The van der Waals surface area contributed by atoms with Crippen molar-refractivity contribution in [2.24, 2.45) is 10.9 Å². The summed E-state index contributed by atoms with van der Waals surface area (Å²) in [5.74, 6) is 5.91. The number of anilines is 2. The van der Waals surface area contributed by atoms with Gasteiger partial charge in [-0.15, -0.1) is 0 Å². The first-order valence-electron chi connectivity index (χ1n) is 9.69. The van der Waals surface area contributed by atoms with Gasteiger partial charge < -0.3 is 21.2 Å². The third kappa shape index (κ3) is 4.52. The van der Waals surface area contributed by atoms with E-state index in [0.29, 0.717) is 34.2 Å². The van der Waals surface area contributed by atoms with E-state index in [4.69, 9.17) is 16.0 Å². The summed E-state index contributed by atoms with van der Waals surface area (Å²) in [6.45, 7) is 1.81. The Hall–Kier alpha value is -3.59. The van der Waals surface area contributed by atoms with Gasteiger partial charge >= 0.3 is 0 Å². The van der Waals surface area contributed by atoms with Crippen LogP contribution in [0.5, 0.6) is 5.75 Å². The Morgan fingerprint density at radius 1 is 1.30 bits per heavy atom. The summed E-state index contributed by atoms with van der Waals surface area (Å²) in [7, 11) is 0. The van der Waals surface area contributed by atoms with Crippen molar-refractivity contribution in [3.05, 3.63) is 54.0 Å². The number of nitrogens with zero attached hydrogens (tertiary/aromatic N) is 3. The highest BCUT2D eigenvalue weighted by molar-refractivity contribution is 6.36. The standard InChI is InChI=1S/C21H22FN7O/c22-14-2-1-3-15(9-14)28-21-26-11-13-8-17(18(23)12-27-24)20(10-19(13)29-21)30-16-4-6-25-7-5-16/h1-3,8-12,16,23,25H,4-7,24H2,(H,26,28,29)/p+1. The SMILES string of the molecule is NN=CC(=[NH2+])c1cc2cnc(Nc3cccc(F)c3)nc2cc1OC1CCNCC1. The monoisotopic (exact) mass is 408 g/mol. The number of aromatic nitrogens is 2. The van der Waals surface area contributed by atoms with Crippen LogP contribution in [0.4, 0.5) is 16.0 Å². The van der Waals surface area contributed by atoms with Gasteiger partial charge in [0, 0.05) is 23.3 Å². The van der Waals surface area contributed by atoms with Crippen molar-refractivity contribution in [1.29, 1.82) is 0 Å². The maximum Gasteiger partial charge on any atom is 0.228 e. The second-order valence-corrected chi connectivity index (χ2v) is 7.04. The summed E-state index contributed by atoms with van der Waals surface area (Å²) in [5, 5.41) is 16.8. The number of fused-ring (bicyclic) bond motifs is 1. The van der Waals surface area contributed by atoms with E-state index in [2.05, 4.69) is 25.7 Å². The highest BCUT2D eigenvalue weighted by atomic mass is 19.1. The summed E-state index contributed by atoms with van der Waals surface area (Å²) in [6.07, 6.45) is 4.94. The molecule has 6 N–H and O–H groups in total. The third-order valence-corrected chi connectivity index (χ3v) is 4.87. The molecule has 0 aliphatic carbocycles. The fourth-order valence-corrected chi connectivity index (χ4v) is 3.38. The third-order valence-electron chi connectivity index (χ3n) is 4.87. The van der Waals surface area contributed by atoms with Crippen LogP contribution < -0.4 is 26.6 Å². The molecule has 0 saturated carbocycles. The summed E-state index contributed by atoms with van der Waals surface area (Å²) in [6, 6.07) is 9.81. The molecule has 154 valence electrons. The lowest BCUT2D eigenvalue weighted by Gasteiger charge is -2.24.